The van der Waals surface area contributed by atoms with Gasteiger partial charge in [-0.3, -0.25) is 5.84 Å². The molecular weight excluding hydrogens is 136 g/mol. The van der Waals surface area contributed by atoms with Crippen molar-refractivity contribution in [1.82, 2.24) is 5.43 Å². The molecule has 0 aliphatic heterocycles. The van der Waals surface area contributed by atoms with Crippen LogP contribution in [0.4, 0.5) is 0 Å². The van der Waals surface area contributed by atoms with E-state index in [0.29, 0.717) is 5.92 Å². The topological polar surface area (TPSA) is 38.0 Å². The highest BCUT2D eigenvalue weighted by Crippen LogP contribution is 2.58. The Morgan fingerprint density at radius 2 is 2.09 bits per heavy atom. The fraction of sp³-hybridized carbons (Fsp3) is 0.778. The lowest BCUT2D eigenvalue weighted by Gasteiger charge is -2.10. The third kappa shape index (κ3) is 0.962. The molecule has 2 aliphatic rings. The zero-order chi connectivity index (χ0) is 7.84. The van der Waals surface area contributed by atoms with Crippen LogP contribution in [0.25, 0.3) is 0 Å². The summed E-state index contributed by atoms with van der Waals surface area (Å²) in [4.78, 5) is 0. The fourth-order valence-corrected chi connectivity index (χ4v) is 2.64. The molecule has 3 atom stereocenters. The second-order valence-corrected chi connectivity index (χ2v) is 3.65. The molecule has 0 heterocycles. The largest absolute Gasteiger partial charge is 0.270 e. The monoisotopic (exact) mass is 150 g/mol. The number of hydrogen-bond donors (Lipinski definition) is 2. The van der Waals surface area contributed by atoms with Gasteiger partial charge in [0.25, 0.3) is 0 Å². The van der Waals surface area contributed by atoms with Gasteiger partial charge < -0.3 is 0 Å². The Morgan fingerprint density at radius 1 is 1.45 bits per heavy atom. The second kappa shape index (κ2) is 2.51. The molecule has 2 nitrogen and oxygen atoms in total. The Morgan fingerprint density at radius 3 is 2.55 bits per heavy atom. The van der Waals surface area contributed by atoms with Crippen molar-refractivity contribution in [1.29, 1.82) is 0 Å². The van der Waals surface area contributed by atoms with E-state index < -0.39 is 0 Å². The molecular formula is C9H14N2. The maximum absolute atomic E-state index is 5.33. The molecule has 2 fully saturated rings. The van der Waals surface area contributed by atoms with Crippen LogP contribution >= 0.6 is 0 Å². The van der Waals surface area contributed by atoms with E-state index in [2.05, 4.69) is 11.3 Å². The Labute approximate surface area is 67.5 Å². The van der Waals surface area contributed by atoms with E-state index in [0.717, 1.165) is 11.8 Å². The third-order valence-electron chi connectivity index (χ3n) is 3.22. The molecule has 0 bridgehead atoms. The van der Waals surface area contributed by atoms with E-state index in [1.807, 2.05) is 0 Å². The molecule has 0 aromatic heterocycles. The van der Waals surface area contributed by atoms with Crippen LogP contribution in [0.15, 0.2) is 0 Å². The van der Waals surface area contributed by atoms with Crippen molar-refractivity contribution in [2.75, 3.05) is 0 Å². The van der Waals surface area contributed by atoms with E-state index in [1.54, 1.807) is 0 Å². The van der Waals surface area contributed by atoms with Gasteiger partial charge in [-0.25, -0.2) is 5.43 Å². The van der Waals surface area contributed by atoms with Crippen molar-refractivity contribution < 1.29 is 0 Å². The maximum atomic E-state index is 5.33. The van der Waals surface area contributed by atoms with E-state index in [4.69, 9.17) is 12.3 Å². The van der Waals surface area contributed by atoms with Gasteiger partial charge in [-0.1, -0.05) is 12.3 Å². The predicted molar refractivity (Wildman–Crippen MR) is 44.3 cm³/mol. The number of terminal acetylenes is 1. The number of hydrazine groups is 1. The van der Waals surface area contributed by atoms with E-state index in [1.165, 1.54) is 19.3 Å². The average Bonchev–Trinajstić information content (AvgIpc) is 2.54. The number of hydrogen-bond acceptors (Lipinski definition) is 2. The molecule has 3 N–H and O–H groups in total. The first kappa shape index (κ1) is 7.15. The molecule has 2 heteroatoms. The molecule has 0 radical (unpaired) electrons. The lowest BCUT2D eigenvalue weighted by Crippen LogP contribution is -2.36. The predicted octanol–water partition coefficient (Wildman–Crippen LogP) is 0.498. The van der Waals surface area contributed by atoms with Crippen molar-refractivity contribution >= 4 is 0 Å². The Hall–Kier alpha value is -0.520. The summed E-state index contributed by atoms with van der Waals surface area (Å²) in [6.45, 7) is 0. The van der Waals surface area contributed by atoms with E-state index in [9.17, 15) is 0 Å². The minimum atomic E-state index is 0.130. The van der Waals surface area contributed by atoms with Gasteiger partial charge in [0.15, 0.2) is 0 Å². The van der Waals surface area contributed by atoms with Crippen LogP contribution in [0.3, 0.4) is 0 Å². The molecule has 0 aromatic rings. The van der Waals surface area contributed by atoms with Crippen molar-refractivity contribution in [2.45, 2.75) is 25.3 Å². The summed E-state index contributed by atoms with van der Waals surface area (Å²) in [6, 6.07) is 0.130. The molecule has 2 saturated carbocycles. The summed E-state index contributed by atoms with van der Waals surface area (Å²) >= 11 is 0. The minimum Gasteiger partial charge on any atom is -0.270 e. The molecule has 0 saturated heterocycles. The van der Waals surface area contributed by atoms with Crippen LogP contribution in [0.5, 0.6) is 0 Å². The van der Waals surface area contributed by atoms with E-state index in [-0.39, 0.29) is 6.04 Å². The summed E-state index contributed by atoms with van der Waals surface area (Å²) in [6.07, 6.45) is 9.47. The van der Waals surface area contributed by atoms with Crippen LogP contribution in [0.1, 0.15) is 19.3 Å². The molecule has 2 rings (SSSR count). The molecule has 60 valence electrons. The lowest BCUT2D eigenvalue weighted by atomic mass is 10.1. The standard InChI is InChI=1S/C9H14N2/c1-2-8(11-10)9-6-4-3-5-7(6)9/h1,6-9,11H,3-5,10H2. The quantitative estimate of drug-likeness (QED) is 0.342. The molecule has 3 unspecified atom stereocenters. The second-order valence-electron chi connectivity index (χ2n) is 3.65. The van der Waals surface area contributed by atoms with Gasteiger partial charge >= 0.3 is 0 Å². The molecule has 0 aromatic carbocycles. The Bertz CT molecular complexity index is 184. The van der Waals surface area contributed by atoms with Crippen LogP contribution in [-0.4, -0.2) is 6.04 Å². The number of fused-ring (bicyclic) bond motifs is 1. The summed E-state index contributed by atoms with van der Waals surface area (Å²) in [5.41, 5.74) is 2.71. The Balaban J connectivity index is 1.95. The van der Waals surface area contributed by atoms with Crippen LogP contribution in [0, 0.1) is 30.1 Å². The first-order valence-electron chi connectivity index (χ1n) is 4.30. The maximum Gasteiger partial charge on any atom is 0.0848 e. The van der Waals surface area contributed by atoms with E-state index >= 15 is 0 Å². The highest BCUT2D eigenvalue weighted by Gasteiger charge is 2.55. The SMILES string of the molecule is C#CC(NN)C1C2CCCC21. The summed E-state index contributed by atoms with van der Waals surface area (Å²) in [5.74, 6) is 10.5. The summed E-state index contributed by atoms with van der Waals surface area (Å²) in [5, 5.41) is 0. The number of nitrogens with two attached hydrogens (primary N) is 1. The van der Waals surface area contributed by atoms with Crippen molar-refractivity contribution in [3.8, 4) is 12.3 Å². The molecule has 2 aliphatic carbocycles. The highest BCUT2D eigenvalue weighted by atomic mass is 15.2. The van der Waals surface area contributed by atoms with Crippen molar-refractivity contribution in [3.63, 3.8) is 0 Å². The zero-order valence-electron chi connectivity index (χ0n) is 6.59. The molecule has 11 heavy (non-hydrogen) atoms. The highest BCUT2D eigenvalue weighted by molar-refractivity contribution is 5.14. The first-order chi connectivity index (χ1) is 5.38. The van der Waals surface area contributed by atoms with Crippen LogP contribution in [0.2, 0.25) is 0 Å². The lowest BCUT2D eigenvalue weighted by molar-refractivity contribution is 0.483. The third-order valence-corrected chi connectivity index (χ3v) is 3.22. The van der Waals surface area contributed by atoms with Crippen LogP contribution < -0.4 is 11.3 Å². The molecule has 0 amide bonds. The smallest absolute Gasteiger partial charge is 0.0848 e. The van der Waals surface area contributed by atoms with Gasteiger partial charge in [-0.2, -0.15) is 0 Å². The van der Waals surface area contributed by atoms with Crippen molar-refractivity contribution in [3.05, 3.63) is 0 Å². The van der Waals surface area contributed by atoms with Gasteiger partial charge in [0.1, 0.15) is 0 Å². The van der Waals surface area contributed by atoms with Gasteiger partial charge in [0.05, 0.1) is 6.04 Å². The van der Waals surface area contributed by atoms with Gasteiger partial charge in [0, 0.05) is 0 Å². The fourth-order valence-electron chi connectivity index (χ4n) is 2.64. The summed E-state index contributed by atoms with van der Waals surface area (Å²) in [7, 11) is 0. The van der Waals surface area contributed by atoms with Crippen LogP contribution in [-0.2, 0) is 0 Å². The zero-order valence-corrected chi connectivity index (χ0v) is 6.59. The molecule has 0 spiro atoms. The number of nitrogens with one attached hydrogen (secondary N) is 1. The van der Waals surface area contributed by atoms with Gasteiger partial charge in [-0.15, -0.1) is 6.42 Å². The van der Waals surface area contributed by atoms with Gasteiger partial charge in [0.2, 0.25) is 0 Å². The minimum absolute atomic E-state index is 0.130. The van der Waals surface area contributed by atoms with Gasteiger partial charge in [-0.05, 0) is 30.6 Å². The number of rotatable bonds is 2. The Kier molecular flexibility index (Phi) is 1.63. The average molecular weight is 150 g/mol. The normalized spacial score (nSPS) is 42.7. The van der Waals surface area contributed by atoms with Crippen molar-refractivity contribution in [2.24, 2.45) is 23.6 Å². The summed E-state index contributed by atoms with van der Waals surface area (Å²) < 4.78 is 0. The first-order valence-corrected chi connectivity index (χ1v) is 4.30.